The molecule has 29 heavy (non-hydrogen) atoms. The number of carboxylic acids is 1. The highest BCUT2D eigenvalue weighted by Crippen LogP contribution is 2.38. The minimum absolute atomic E-state index is 0.233. The molecule has 0 spiro atoms. The third-order valence-corrected chi connectivity index (χ3v) is 5.25. The summed E-state index contributed by atoms with van der Waals surface area (Å²) >= 11 is 0. The first-order valence-electron chi connectivity index (χ1n) is 9.11. The molecule has 0 amide bonds. The van der Waals surface area contributed by atoms with Crippen molar-refractivity contribution in [2.45, 2.75) is 6.92 Å². The molecule has 0 aliphatic rings. The lowest BCUT2D eigenvalue weighted by Gasteiger charge is -2.09. The quantitative estimate of drug-likeness (QED) is 0.442. The molecule has 5 aromatic rings. The summed E-state index contributed by atoms with van der Waals surface area (Å²) in [6, 6.07) is 17.3. The molecule has 2 aromatic heterocycles. The average molecular weight is 385 g/mol. The molecule has 0 radical (unpaired) electrons. The van der Waals surface area contributed by atoms with Crippen LogP contribution in [0.1, 0.15) is 16.1 Å². The van der Waals surface area contributed by atoms with Crippen LogP contribution >= 0.6 is 0 Å². The van der Waals surface area contributed by atoms with Crippen molar-refractivity contribution in [3.63, 3.8) is 0 Å². The van der Waals surface area contributed by atoms with Gasteiger partial charge in [0.25, 0.3) is 0 Å². The van der Waals surface area contributed by atoms with Crippen LogP contribution in [0.2, 0.25) is 0 Å². The summed E-state index contributed by atoms with van der Waals surface area (Å²) in [4.78, 5) is 11.2. The smallest absolute Gasteiger partial charge is 0.335 e. The summed E-state index contributed by atoms with van der Waals surface area (Å²) < 4.78 is 16.0. The van der Waals surface area contributed by atoms with E-state index in [1.165, 1.54) is 12.1 Å². The second-order valence-corrected chi connectivity index (χ2v) is 6.98. The van der Waals surface area contributed by atoms with E-state index in [2.05, 4.69) is 10.2 Å². The van der Waals surface area contributed by atoms with Crippen molar-refractivity contribution in [2.75, 3.05) is 0 Å². The number of halogens is 1. The SMILES string of the molecule is Cc1c(-c2ccc(C(=O)O)cc2)c2cc3[nH]ncc3cc2n1-c1cccc(F)c1. The highest BCUT2D eigenvalue weighted by atomic mass is 19.1. The molecule has 0 saturated heterocycles. The Balaban J connectivity index is 1.85. The van der Waals surface area contributed by atoms with Crippen LogP contribution in [0.5, 0.6) is 0 Å². The van der Waals surface area contributed by atoms with Gasteiger partial charge in [0.1, 0.15) is 5.82 Å². The third-order valence-electron chi connectivity index (χ3n) is 5.25. The van der Waals surface area contributed by atoms with Gasteiger partial charge in [0.2, 0.25) is 0 Å². The van der Waals surface area contributed by atoms with Crippen molar-refractivity contribution >= 4 is 27.8 Å². The molecule has 5 nitrogen and oxygen atoms in total. The number of hydrogen-bond donors (Lipinski definition) is 2. The number of nitrogens with one attached hydrogen (secondary N) is 1. The van der Waals surface area contributed by atoms with Crippen LogP contribution in [0.25, 0.3) is 38.6 Å². The van der Waals surface area contributed by atoms with Gasteiger partial charge in [-0.2, -0.15) is 5.10 Å². The van der Waals surface area contributed by atoms with E-state index in [4.69, 9.17) is 0 Å². The zero-order chi connectivity index (χ0) is 20.1. The van der Waals surface area contributed by atoms with E-state index in [9.17, 15) is 14.3 Å². The molecule has 3 aromatic carbocycles. The van der Waals surface area contributed by atoms with Crippen LogP contribution < -0.4 is 0 Å². The second kappa shape index (κ2) is 6.31. The number of carboxylic acid groups (broad SMARTS) is 1. The molecule has 2 heterocycles. The van der Waals surface area contributed by atoms with Gasteiger partial charge in [0, 0.05) is 27.7 Å². The molecule has 0 unspecified atom stereocenters. The minimum atomic E-state index is -0.963. The summed E-state index contributed by atoms with van der Waals surface area (Å²) in [5.74, 6) is -1.27. The van der Waals surface area contributed by atoms with Crippen molar-refractivity contribution in [1.82, 2.24) is 14.8 Å². The van der Waals surface area contributed by atoms with Crippen molar-refractivity contribution in [2.24, 2.45) is 0 Å². The molecule has 0 bridgehead atoms. The van der Waals surface area contributed by atoms with Crippen molar-refractivity contribution < 1.29 is 14.3 Å². The maximum absolute atomic E-state index is 14.0. The Bertz CT molecular complexity index is 1400. The number of fused-ring (bicyclic) bond motifs is 2. The van der Waals surface area contributed by atoms with Crippen LogP contribution in [0.4, 0.5) is 4.39 Å². The maximum Gasteiger partial charge on any atom is 0.335 e. The Kier molecular flexibility index (Phi) is 3.74. The second-order valence-electron chi connectivity index (χ2n) is 6.98. The van der Waals surface area contributed by atoms with E-state index in [-0.39, 0.29) is 11.4 Å². The summed E-state index contributed by atoms with van der Waals surface area (Å²) in [6.07, 6.45) is 1.76. The first-order valence-corrected chi connectivity index (χ1v) is 9.11. The highest BCUT2D eigenvalue weighted by Gasteiger charge is 2.19. The number of nitrogens with zero attached hydrogens (tertiary/aromatic N) is 2. The van der Waals surface area contributed by atoms with Gasteiger partial charge in [0.05, 0.1) is 22.8 Å². The van der Waals surface area contributed by atoms with Crippen LogP contribution in [-0.2, 0) is 0 Å². The van der Waals surface area contributed by atoms with Gasteiger partial charge in [-0.05, 0) is 55.0 Å². The van der Waals surface area contributed by atoms with E-state index in [0.717, 1.165) is 44.3 Å². The topological polar surface area (TPSA) is 70.9 Å². The summed E-state index contributed by atoms with van der Waals surface area (Å²) in [6.45, 7) is 1.98. The van der Waals surface area contributed by atoms with Gasteiger partial charge in [0.15, 0.2) is 0 Å². The lowest BCUT2D eigenvalue weighted by molar-refractivity contribution is 0.0697. The van der Waals surface area contributed by atoms with Gasteiger partial charge in [-0.1, -0.05) is 18.2 Å². The Morgan fingerprint density at radius 1 is 1.10 bits per heavy atom. The van der Waals surface area contributed by atoms with E-state index in [1.54, 1.807) is 36.5 Å². The fraction of sp³-hybridized carbons (Fsp3) is 0.0435. The van der Waals surface area contributed by atoms with Crippen molar-refractivity contribution in [1.29, 1.82) is 0 Å². The van der Waals surface area contributed by atoms with E-state index in [0.29, 0.717) is 0 Å². The van der Waals surface area contributed by atoms with Crippen LogP contribution in [0.3, 0.4) is 0 Å². The van der Waals surface area contributed by atoms with E-state index in [1.807, 2.05) is 29.7 Å². The van der Waals surface area contributed by atoms with Crippen molar-refractivity contribution in [3.8, 4) is 16.8 Å². The molecule has 0 fully saturated rings. The van der Waals surface area contributed by atoms with Crippen LogP contribution in [0, 0.1) is 12.7 Å². The zero-order valence-electron chi connectivity index (χ0n) is 15.5. The maximum atomic E-state index is 14.0. The summed E-state index contributed by atoms with van der Waals surface area (Å²) in [5.41, 5.74) is 5.59. The standard InChI is InChI=1S/C23H16FN3O2/c1-13-22(14-5-7-15(8-6-14)23(28)29)19-11-20-16(12-25-26-20)9-21(19)27(13)18-4-2-3-17(24)10-18/h2-12H,1H3,(H,25,26)(H,28,29). The fourth-order valence-corrected chi connectivity index (χ4v) is 3.94. The number of aromatic carboxylic acids is 1. The lowest BCUT2D eigenvalue weighted by Crippen LogP contribution is -1.98. The number of H-pyrrole nitrogens is 1. The average Bonchev–Trinajstić information content (AvgIpc) is 3.27. The largest absolute Gasteiger partial charge is 0.478 e. The molecule has 5 rings (SSSR count). The van der Waals surface area contributed by atoms with E-state index < -0.39 is 5.97 Å². The number of aromatic amines is 1. The van der Waals surface area contributed by atoms with E-state index >= 15 is 0 Å². The molecule has 0 aliphatic heterocycles. The molecule has 0 atom stereocenters. The number of benzene rings is 3. The molecule has 142 valence electrons. The van der Waals surface area contributed by atoms with Crippen molar-refractivity contribution in [3.05, 3.63) is 83.9 Å². The van der Waals surface area contributed by atoms with Gasteiger partial charge in [-0.15, -0.1) is 0 Å². The Morgan fingerprint density at radius 3 is 2.62 bits per heavy atom. The van der Waals surface area contributed by atoms with Gasteiger partial charge >= 0.3 is 5.97 Å². The Morgan fingerprint density at radius 2 is 1.90 bits per heavy atom. The summed E-state index contributed by atoms with van der Waals surface area (Å²) in [5, 5.41) is 18.2. The predicted molar refractivity (Wildman–Crippen MR) is 110 cm³/mol. The van der Waals surface area contributed by atoms with Crippen LogP contribution in [-0.4, -0.2) is 25.8 Å². The number of hydrogen-bond acceptors (Lipinski definition) is 2. The first-order chi connectivity index (χ1) is 14.0. The normalized spacial score (nSPS) is 11.4. The predicted octanol–water partition coefficient (Wildman–Crippen LogP) is 5.32. The molecular weight excluding hydrogens is 369 g/mol. The third kappa shape index (κ3) is 2.69. The Hall–Kier alpha value is -3.93. The molecule has 2 N–H and O–H groups in total. The molecular formula is C23H16FN3O2. The highest BCUT2D eigenvalue weighted by molar-refractivity contribution is 6.05. The Labute approximate surface area is 165 Å². The number of carbonyl (C=O) groups is 1. The van der Waals surface area contributed by atoms with Gasteiger partial charge in [-0.3, -0.25) is 5.10 Å². The lowest BCUT2D eigenvalue weighted by atomic mass is 10.0. The minimum Gasteiger partial charge on any atom is -0.478 e. The number of aromatic nitrogens is 3. The monoisotopic (exact) mass is 385 g/mol. The fourth-order valence-electron chi connectivity index (χ4n) is 3.94. The zero-order valence-corrected chi connectivity index (χ0v) is 15.5. The van der Waals surface area contributed by atoms with Crippen LogP contribution in [0.15, 0.2) is 66.9 Å². The first kappa shape index (κ1) is 17.2. The molecule has 0 saturated carbocycles. The van der Waals surface area contributed by atoms with Gasteiger partial charge in [-0.25, -0.2) is 9.18 Å². The molecule has 6 heteroatoms. The number of rotatable bonds is 3. The summed E-state index contributed by atoms with van der Waals surface area (Å²) in [7, 11) is 0. The van der Waals surface area contributed by atoms with Gasteiger partial charge < -0.3 is 9.67 Å². The molecule has 0 aliphatic carbocycles.